The van der Waals surface area contributed by atoms with Crippen LogP contribution in [0.25, 0.3) is 0 Å². The van der Waals surface area contributed by atoms with Crippen LogP contribution < -0.4 is 4.74 Å². The Labute approximate surface area is 97.0 Å². The van der Waals surface area contributed by atoms with Gasteiger partial charge in [-0.2, -0.15) is 0 Å². The highest BCUT2D eigenvalue weighted by atomic mass is 35.7. The predicted molar refractivity (Wildman–Crippen MR) is 57.3 cm³/mol. The number of halogens is 1. The zero-order chi connectivity index (χ0) is 12.3. The van der Waals surface area contributed by atoms with Crippen molar-refractivity contribution in [1.82, 2.24) is 0 Å². The highest BCUT2D eigenvalue weighted by Crippen LogP contribution is 2.27. The molecule has 16 heavy (non-hydrogen) atoms. The van der Waals surface area contributed by atoms with Crippen molar-refractivity contribution in [3.05, 3.63) is 23.8 Å². The molecule has 1 aromatic carbocycles. The summed E-state index contributed by atoms with van der Waals surface area (Å²) in [5.41, 5.74) is 0.682. The Morgan fingerprint density at radius 2 is 2.12 bits per heavy atom. The van der Waals surface area contributed by atoms with E-state index in [1.165, 1.54) is 12.1 Å². The second-order valence-electron chi connectivity index (χ2n) is 3.07. The lowest BCUT2D eigenvalue weighted by atomic mass is 10.2. The third-order valence-corrected chi connectivity index (χ3v) is 3.06. The smallest absolute Gasteiger partial charge is 0.341 e. The van der Waals surface area contributed by atoms with Crippen LogP contribution in [-0.2, 0) is 13.8 Å². The molecule has 1 N–H and O–H groups in total. The van der Waals surface area contributed by atoms with E-state index in [9.17, 15) is 13.2 Å². The average Bonchev–Trinajstić information content (AvgIpc) is 2.14. The van der Waals surface area contributed by atoms with Gasteiger partial charge >= 0.3 is 5.97 Å². The molecule has 0 aromatic heterocycles. The van der Waals surface area contributed by atoms with Crippen LogP contribution in [0.3, 0.4) is 0 Å². The molecule has 0 bridgehead atoms. The topological polar surface area (TPSA) is 80.7 Å². The van der Waals surface area contributed by atoms with Crippen molar-refractivity contribution in [3.8, 4) is 5.75 Å². The fourth-order valence-electron chi connectivity index (χ4n) is 1.06. The first-order chi connectivity index (χ1) is 7.30. The van der Waals surface area contributed by atoms with E-state index in [0.29, 0.717) is 5.56 Å². The summed E-state index contributed by atoms with van der Waals surface area (Å²) in [7, 11) is 1.25. The van der Waals surface area contributed by atoms with Gasteiger partial charge in [-0.1, -0.05) is 6.07 Å². The van der Waals surface area contributed by atoms with Gasteiger partial charge in [0.25, 0.3) is 9.05 Å². The van der Waals surface area contributed by atoms with Crippen molar-refractivity contribution in [1.29, 1.82) is 0 Å². The number of aryl methyl sites for hydroxylation is 1. The van der Waals surface area contributed by atoms with Crippen molar-refractivity contribution >= 4 is 25.7 Å². The Kier molecular flexibility index (Phi) is 3.77. The third-order valence-electron chi connectivity index (χ3n) is 1.71. The Balaban J connectivity index is 3.13. The number of aliphatic carboxylic acids is 1. The molecule has 88 valence electrons. The fraction of sp³-hybridized carbons (Fsp3) is 0.222. The van der Waals surface area contributed by atoms with Gasteiger partial charge in [-0.05, 0) is 24.6 Å². The average molecular weight is 265 g/mol. The van der Waals surface area contributed by atoms with Gasteiger partial charge in [-0.25, -0.2) is 13.2 Å². The summed E-state index contributed by atoms with van der Waals surface area (Å²) in [6.45, 7) is 1.06. The molecular weight excluding hydrogens is 256 g/mol. The molecule has 0 aliphatic carbocycles. The Morgan fingerprint density at radius 3 is 2.62 bits per heavy atom. The van der Waals surface area contributed by atoms with Crippen LogP contribution in [0, 0.1) is 6.92 Å². The van der Waals surface area contributed by atoms with Crippen molar-refractivity contribution < 1.29 is 23.1 Å². The van der Waals surface area contributed by atoms with Gasteiger partial charge in [0.15, 0.2) is 6.61 Å². The number of ether oxygens (including phenoxy) is 1. The Hall–Kier alpha value is -1.27. The van der Waals surface area contributed by atoms with Gasteiger partial charge in [-0.15, -0.1) is 0 Å². The van der Waals surface area contributed by atoms with Crippen molar-refractivity contribution in [3.63, 3.8) is 0 Å². The molecule has 0 saturated heterocycles. The lowest BCUT2D eigenvalue weighted by Gasteiger charge is -2.08. The SMILES string of the molecule is Cc1ccc(OCC(=O)O)c(S(=O)(=O)Cl)c1. The first-order valence-electron chi connectivity index (χ1n) is 4.20. The number of carboxylic acid groups (broad SMARTS) is 1. The lowest BCUT2D eigenvalue weighted by molar-refractivity contribution is -0.139. The number of carboxylic acids is 1. The van der Waals surface area contributed by atoms with Crippen LogP contribution in [0.2, 0.25) is 0 Å². The summed E-state index contributed by atoms with van der Waals surface area (Å²) < 4.78 is 27.2. The van der Waals surface area contributed by atoms with Gasteiger partial charge in [0, 0.05) is 10.7 Å². The lowest BCUT2D eigenvalue weighted by Crippen LogP contribution is -2.11. The second kappa shape index (κ2) is 4.71. The van der Waals surface area contributed by atoms with Crippen molar-refractivity contribution in [2.45, 2.75) is 11.8 Å². The summed E-state index contributed by atoms with van der Waals surface area (Å²) >= 11 is 0. The molecule has 0 amide bonds. The van der Waals surface area contributed by atoms with Crippen molar-refractivity contribution in [2.24, 2.45) is 0 Å². The molecule has 0 spiro atoms. The maximum atomic E-state index is 11.2. The van der Waals surface area contributed by atoms with Gasteiger partial charge in [0.05, 0.1) is 0 Å². The first-order valence-corrected chi connectivity index (χ1v) is 6.51. The van der Waals surface area contributed by atoms with E-state index in [1.807, 2.05) is 0 Å². The maximum Gasteiger partial charge on any atom is 0.341 e. The van der Waals surface area contributed by atoms with Gasteiger partial charge in [0.1, 0.15) is 10.6 Å². The normalized spacial score (nSPS) is 11.1. The minimum absolute atomic E-state index is 0.0667. The molecule has 7 heteroatoms. The molecule has 5 nitrogen and oxygen atoms in total. The van der Waals surface area contributed by atoms with Gasteiger partial charge in [0.2, 0.25) is 0 Å². The van der Waals surface area contributed by atoms with E-state index < -0.39 is 21.6 Å². The van der Waals surface area contributed by atoms with E-state index in [-0.39, 0.29) is 10.6 Å². The molecule has 0 saturated carbocycles. The fourth-order valence-corrected chi connectivity index (χ4v) is 2.12. The third kappa shape index (κ3) is 3.39. The molecule has 0 radical (unpaired) electrons. The standard InChI is InChI=1S/C9H9ClO5S/c1-6-2-3-7(15-5-9(11)12)8(4-6)16(10,13)14/h2-4H,5H2,1H3,(H,11,12). The molecule has 0 heterocycles. The highest BCUT2D eigenvalue weighted by Gasteiger charge is 2.17. The number of carbonyl (C=O) groups is 1. The van der Waals surface area contributed by atoms with Crippen LogP contribution in [0.5, 0.6) is 5.75 Å². The van der Waals surface area contributed by atoms with Crippen molar-refractivity contribution in [2.75, 3.05) is 6.61 Å². The Bertz CT molecular complexity index is 509. The van der Waals surface area contributed by atoms with Crippen LogP contribution in [0.4, 0.5) is 0 Å². The number of rotatable bonds is 4. The summed E-state index contributed by atoms with van der Waals surface area (Å²) in [4.78, 5) is 10.1. The zero-order valence-corrected chi connectivity index (χ0v) is 9.88. The quantitative estimate of drug-likeness (QED) is 0.831. The summed E-state index contributed by atoms with van der Waals surface area (Å²) in [6, 6.07) is 4.29. The number of benzene rings is 1. The molecular formula is C9H9ClO5S. The van der Waals surface area contributed by atoms with Crippen LogP contribution >= 0.6 is 10.7 Å². The van der Waals surface area contributed by atoms with E-state index in [1.54, 1.807) is 13.0 Å². The van der Waals surface area contributed by atoms with Crippen LogP contribution in [0.1, 0.15) is 5.56 Å². The molecule has 0 aliphatic rings. The number of hydrogen-bond donors (Lipinski definition) is 1. The minimum Gasteiger partial charge on any atom is -0.480 e. The summed E-state index contributed by atoms with van der Waals surface area (Å²) in [5.74, 6) is -1.26. The van der Waals surface area contributed by atoms with Gasteiger partial charge < -0.3 is 9.84 Å². The van der Waals surface area contributed by atoms with Crippen LogP contribution in [0.15, 0.2) is 23.1 Å². The van der Waals surface area contributed by atoms with E-state index in [0.717, 1.165) is 0 Å². The molecule has 0 aliphatic heterocycles. The molecule has 1 rings (SSSR count). The zero-order valence-electron chi connectivity index (χ0n) is 8.31. The monoisotopic (exact) mass is 264 g/mol. The molecule has 0 atom stereocenters. The van der Waals surface area contributed by atoms with Gasteiger partial charge in [-0.3, -0.25) is 0 Å². The van der Waals surface area contributed by atoms with E-state index in [4.69, 9.17) is 20.5 Å². The largest absolute Gasteiger partial charge is 0.480 e. The summed E-state index contributed by atoms with van der Waals surface area (Å²) in [6.07, 6.45) is 0. The minimum atomic E-state index is -3.95. The first kappa shape index (κ1) is 12.8. The van der Waals surface area contributed by atoms with E-state index in [2.05, 4.69) is 0 Å². The second-order valence-corrected chi connectivity index (χ2v) is 5.60. The molecule has 0 fully saturated rings. The molecule has 0 unspecified atom stereocenters. The Morgan fingerprint density at radius 1 is 1.50 bits per heavy atom. The predicted octanol–water partition coefficient (Wildman–Crippen LogP) is 1.39. The molecule has 1 aromatic rings. The maximum absolute atomic E-state index is 11.2. The highest BCUT2D eigenvalue weighted by molar-refractivity contribution is 8.13. The van der Waals surface area contributed by atoms with E-state index >= 15 is 0 Å². The summed E-state index contributed by atoms with van der Waals surface area (Å²) in [5, 5.41) is 8.42. The number of hydrogen-bond acceptors (Lipinski definition) is 4. The van der Waals surface area contributed by atoms with Crippen LogP contribution in [-0.4, -0.2) is 26.1 Å².